The minimum Gasteiger partial charge on any atom is -0.260 e. The molecule has 2 heteroatoms. The summed E-state index contributed by atoms with van der Waals surface area (Å²) in [7, 11) is 0. The molecular formula is C8H8BrN. The Morgan fingerprint density at radius 1 is 1.60 bits per heavy atom. The zero-order valence-electron chi connectivity index (χ0n) is 8.32. The van der Waals surface area contributed by atoms with Crippen LogP contribution in [0.25, 0.3) is 0 Å². The first-order valence-electron chi connectivity index (χ1n) is 4.74. The molecule has 0 bridgehead atoms. The highest BCUT2D eigenvalue weighted by molar-refractivity contribution is 9.10. The summed E-state index contributed by atoms with van der Waals surface area (Å²) in [5, 5.41) is 0. The van der Waals surface area contributed by atoms with Crippen LogP contribution in [0.1, 0.15) is 28.6 Å². The normalized spacial score (nSPS) is 21.5. The molecule has 1 aliphatic rings. The Bertz CT molecular complexity index is 363. The SMILES string of the molecule is [2H]c1nc(C2CC2)c([2H])c([2H])c1Br. The molecule has 0 atom stereocenters. The highest BCUT2D eigenvalue weighted by Gasteiger charge is 2.24. The first-order valence-corrected chi connectivity index (χ1v) is 4.03. The molecule has 0 N–H and O–H groups in total. The second-order valence-corrected chi connectivity index (χ2v) is 3.24. The van der Waals surface area contributed by atoms with E-state index in [4.69, 9.17) is 4.11 Å². The van der Waals surface area contributed by atoms with Crippen molar-refractivity contribution in [1.82, 2.24) is 4.98 Å². The van der Waals surface area contributed by atoms with Crippen molar-refractivity contribution in [2.24, 2.45) is 0 Å². The Morgan fingerprint density at radius 2 is 2.40 bits per heavy atom. The van der Waals surface area contributed by atoms with Gasteiger partial charge in [-0.25, -0.2) is 0 Å². The van der Waals surface area contributed by atoms with E-state index in [1.807, 2.05) is 0 Å². The Balaban J connectivity index is 2.58. The van der Waals surface area contributed by atoms with E-state index < -0.39 is 0 Å². The molecule has 1 aliphatic carbocycles. The van der Waals surface area contributed by atoms with Crippen LogP contribution < -0.4 is 0 Å². The van der Waals surface area contributed by atoms with Gasteiger partial charge in [-0.05, 0) is 40.9 Å². The van der Waals surface area contributed by atoms with Gasteiger partial charge in [0.25, 0.3) is 0 Å². The predicted molar refractivity (Wildman–Crippen MR) is 43.9 cm³/mol. The zero-order valence-corrected chi connectivity index (χ0v) is 6.90. The first kappa shape index (κ1) is 3.86. The third kappa shape index (κ3) is 1.21. The number of rotatable bonds is 1. The van der Waals surface area contributed by atoms with Crippen molar-refractivity contribution in [3.63, 3.8) is 0 Å². The summed E-state index contributed by atoms with van der Waals surface area (Å²) in [4.78, 5) is 4.01. The Hall–Kier alpha value is -0.370. The average Bonchev–Trinajstić information content (AvgIpc) is 2.91. The zero-order chi connectivity index (χ0) is 9.59. The van der Waals surface area contributed by atoms with Crippen LogP contribution in [-0.2, 0) is 0 Å². The summed E-state index contributed by atoms with van der Waals surface area (Å²) in [6.07, 6.45) is 2.15. The van der Waals surface area contributed by atoms with Gasteiger partial charge in [-0.3, -0.25) is 4.98 Å². The fourth-order valence-electron chi connectivity index (χ4n) is 0.834. The third-order valence-electron chi connectivity index (χ3n) is 1.54. The van der Waals surface area contributed by atoms with E-state index in [1.165, 1.54) is 0 Å². The molecular weight excluding hydrogens is 190 g/mol. The van der Waals surface area contributed by atoms with Crippen molar-refractivity contribution in [1.29, 1.82) is 0 Å². The van der Waals surface area contributed by atoms with Gasteiger partial charge < -0.3 is 0 Å². The molecule has 0 spiro atoms. The maximum Gasteiger partial charge on any atom is 0.0852 e. The monoisotopic (exact) mass is 200 g/mol. The molecule has 1 fully saturated rings. The Kier molecular flexibility index (Phi) is 0.906. The summed E-state index contributed by atoms with van der Waals surface area (Å²) in [5.41, 5.74) is 0.623. The van der Waals surface area contributed by atoms with Gasteiger partial charge in [0.1, 0.15) is 0 Å². The Morgan fingerprint density at radius 3 is 3.10 bits per heavy atom. The summed E-state index contributed by atoms with van der Waals surface area (Å²) >= 11 is 3.08. The molecule has 0 unspecified atom stereocenters. The maximum absolute atomic E-state index is 7.64. The average molecular weight is 201 g/mol. The first-order chi connectivity index (χ1) is 6.11. The highest BCUT2D eigenvalue weighted by atomic mass is 79.9. The molecule has 1 saturated carbocycles. The second-order valence-electron chi connectivity index (χ2n) is 2.45. The lowest BCUT2D eigenvalue weighted by Gasteiger charge is -1.94. The summed E-state index contributed by atoms with van der Waals surface area (Å²) in [6.45, 7) is 0. The quantitative estimate of drug-likeness (QED) is 0.680. The van der Waals surface area contributed by atoms with E-state index in [1.54, 1.807) is 0 Å². The van der Waals surface area contributed by atoms with Crippen molar-refractivity contribution in [2.45, 2.75) is 18.8 Å². The predicted octanol–water partition coefficient (Wildman–Crippen LogP) is 2.72. The molecule has 0 aromatic carbocycles. The van der Waals surface area contributed by atoms with Gasteiger partial charge in [-0.2, -0.15) is 0 Å². The molecule has 52 valence electrons. The molecule has 1 aromatic heterocycles. The number of hydrogen-bond donors (Lipinski definition) is 0. The van der Waals surface area contributed by atoms with Crippen molar-refractivity contribution in [3.05, 3.63) is 28.4 Å². The lowest BCUT2D eigenvalue weighted by atomic mass is 10.3. The van der Waals surface area contributed by atoms with Gasteiger partial charge in [-0.15, -0.1) is 0 Å². The fraction of sp³-hybridized carbons (Fsp3) is 0.375. The van der Waals surface area contributed by atoms with E-state index in [2.05, 4.69) is 20.9 Å². The molecule has 0 radical (unpaired) electrons. The summed E-state index contributed by atoms with van der Waals surface area (Å²) in [5.74, 6) is 0.328. The van der Waals surface area contributed by atoms with Crippen molar-refractivity contribution >= 4 is 15.9 Å². The standard InChI is InChI=1S/C8H8BrN/c9-7-3-4-8(10-5-7)6-1-2-6/h3-6H,1-2H2/i3D,4D,5D. The van der Waals surface area contributed by atoms with Gasteiger partial charge >= 0.3 is 0 Å². The summed E-state index contributed by atoms with van der Waals surface area (Å²) in [6, 6.07) is 0.257. The van der Waals surface area contributed by atoms with Crippen LogP contribution in [0.15, 0.2) is 22.7 Å². The lowest BCUT2D eigenvalue weighted by molar-refractivity contribution is 1.02. The van der Waals surface area contributed by atoms with Gasteiger partial charge in [0.2, 0.25) is 0 Å². The van der Waals surface area contributed by atoms with E-state index in [9.17, 15) is 0 Å². The van der Waals surface area contributed by atoms with Crippen LogP contribution in [0.4, 0.5) is 0 Å². The van der Waals surface area contributed by atoms with Crippen LogP contribution in [0.3, 0.4) is 0 Å². The highest BCUT2D eigenvalue weighted by Crippen LogP contribution is 2.38. The molecule has 2 rings (SSSR count). The second kappa shape index (κ2) is 2.35. The van der Waals surface area contributed by atoms with Crippen molar-refractivity contribution < 1.29 is 4.11 Å². The van der Waals surface area contributed by atoms with E-state index >= 15 is 0 Å². The van der Waals surface area contributed by atoms with Crippen LogP contribution in [0, 0.1) is 0 Å². The molecule has 1 heterocycles. The van der Waals surface area contributed by atoms with Gasteiger partial charge in [-0.1, -0.05) is 0 Å². The topological polar surface area (TPSA) is 12.9 Å². The van der Waals surface area contributed by atoms with Crippen molar-refractivity contribution in [3.8, 4) is 0 Å². The number of halogens is 1. The number of hydrogen-bond acceptors (Lipinski definition) is 1. The van der Waals surface area contributed by atoms with E-state index in [0.717, 1.165) is 12.8 Å². The smallest absolute Gasteiger partial charge is 0.0852 e. The molecule has 1 nitrogen and oxygen atoms in total. The molecule has 10 heavy (non-hydrogen) atoms. The van der Waals surface area contributed by atoms with Crippen LogP contribution in [-0.4, -0.2) is 4.98 Å². The van der Waals surface area contributed by atoms with E-state index in [-0.39, 0.29) is 18.3 Å². The molecule has 0 saturated heterocycles. The van der Waals surface area contributed by atoms with Gasteiger partial charge in [0.05, 0.1) is 4.11 Å². The number of aromatic nitrogens is 1. The van der Waals surface area contributed by atoms with Gasteiger partial charge in [0, 0.05) is 22.3 Å². The fourth-order valence-corrected chi connectivity index (χ4v) is 1.02. The molecule has 1 aromatic rings. The lowest BCUT2D eigenvalue weighted by Crippen LogP contribution is -1.82. The van der Waals surface area contributed by atoms with E-state index in [0.29, 0.717) is 16.1 Å². The van der Waals surface area contributed by atoms with Crippen LogP contribution in [0.2, 0.25) is 0 Å². The number of nitrogens with zero attached hydrogens (tertiary/aromatic N) is 1. The number of pyridine rings is 1. The maximum atomic E-state index is 7.64. The van der Waals surface area contributed by atoms with Gasteiger partial charge in [0.15, 0.2) is 0 Å². The largest absolute Gasteiger partial charge is 0.260 e. The Labute approximate surface area is 72.8 Å². The van der Waals surface area contributed by atoms with Crippen LogP contribution in [0.5, 0.6) is 0 Å². The third-order valence-corrected chi connectivity index (χ3v) is 1.91. The van der Waals surface area contributed by atoms with Crippen molar-refractivity contribution in [2.75, 3.05) is 0 Å². The minimum absolute atomic E-state index is 0.0721. The minimum atomic E-state index is 0.0721. The molecule has 0 aliphatic heterocycles. The summed E-state index contributed by atoms with van der Waals surface area (Å²) < 4.78 is 23.0. The molecule has 0 amide bonds. The van der Waals surface area contributed by atoms with Crippen LogP contribution >= 0.6 is 15.9 Å².